The van der Waals surface area contributed by atoms with Crippen LogP contribution in [0.25, 0.3) is 5.82 Å². The minimum atomic E-state index is -0.868. The summed E-state index contributed by atoms with van der Waals surface area (Å²) in [6.45, 7) is 6.04. The van der Waals surface area contributed by atoms with Crippen LogP contribution < -0.4 is 5.32 Å². The molecule has 0 spiro atoms. The van der Waals surface area contributed by atoms with Crippen molar-refractivity contribution in [1.82, 2.24) is 19.7 Å². The molecule has 0 saturated heterocycles. The van der Waals surface area contributed by atoms with Crippen LogP contribution in [0, 0.1) is 19.8 Å². The third-order valence-electron chi connectivity index (χ3n) is 3.77. The van der Waals surface area contributed by atoms with E-state index < -0.39 is 5.97 Å². The van der Waals surface area contributed by atoms with Gasteiger partial charge in [0.15, 0.2) is 0 Å². The highest BCUT2D eigenvalue weighted by Crippen LogP contribution is 2.19. The first-order valence-corrected chi connectivity index (χ1v) is 7.48. The summed E-state index contributed by atoms with van der Waals surface area (Å²) in [7, 11) is 1.79. The van der Waals surface area contributed by atoms with Crippen molar-refractivity contribution < 1.29 is 14.7 Å². The summed E-state index contributed by atoms with van der Waals surface area (Å²) in [6, 6.07) is 3.97. The van der Waals surface area contributed by atoms with Gasteiger partial charge in [-0.25, -0.2) is 0 Å². The van der Waals surface area contributed by atoms with Gasteiger partial charge in [0.05, 0.1) is 6.20 Å². The standard InChI is InChI=1S/C16H22N4O3/c1-10(7-14(21)22)8-17-15(23)13-9-18-19(4)16(13)20-11(2)5-6-12(20)3/h5-6,9-10H,7-8H2,1-4H3,(H,17,23)(H,21,22). The number of hydrogen-bond acceptors (Lipinski definition) is 3. The fraction of sp³-hybridized carbons (Fsp3) is 0.438. The maximum Gasteiger partial charge on any atom is 0.303 e. The lowest BCUT2D eigenvalue weighted by Gasteiger charge is -2.14. The molecular weight excluding hydrogens is 296 g/mol. The van der Waals surface area contributed by atoms with Gasteiger partial charge in [0.1, 0.15) is 11.4 Å². The number of aryl methyl sites for hydroxylation is 3. The monoisotopic (exact) mass is 318 g/mol. The van der Waals surface area contributed by atoms with Gasteiger partial charge >= 0.3 is 5.97 Å². The van der Waals surface area contributed by atoms with Crippen molar-refractivity contribution in [2.75, 3.05) is 6.54 Å². The Labute approximate surface area is 134 Å². The number of hydrogen-bond donors (Lipinski definition) is 2. The minimum Gasteiger partial charge on any atom is -0.481 e. The molecule has 2 aromatic rings. The maximum atomic E-state index is 12.5. The number of carboxylic acids is 1. The van der Waals surface area contributed by atoms with Gasteiger partial charge < -0.3 is 15.0 Å². The average molecular weight is 318 g/mol. The van der Waals surface area contributed by atoms with Crippen molar-refractivity contribution in [2.45, 2.75) is 27.2 Å². The largest absolute Gasteiger partial charge is 0.481 e. The lowest BCUT2D eigenvalue weighted by molar-refractivity contribution is -0.137. The van der Waals surface area contributed by atoms with E-state index in [-0.39, 0.29) is 18.2 Å². The van der Waals surface area contributed by atoms with Gasteiger partial charge in [-0.15, -0.1) is 0 Å². The predicted octanol–water partition coefficient (Wildman–Crippen LogP) is 1.67. The Balaban J connectivity index is 2.21. The highest BCUT2D eigenvalue weighted by Gasteiger charge is 2.20. The highest BCUT2D eigenvalue weighted by molar-refractivity contribution is 5.97. The Kier molecular flexibility index (Phi) is 4.88. The molecular formula is C16H22N4O3. The molecule has 7 nitrogen and oxygen atoms in total. The van der Waals surface area contributed by atoms with Crippen LogP contribution in [0.4, 0.5) is 0 Å². The average Bonchev–Trinajstić information content (AvgIpc) is 2.98. The van der Waals surface area contributed by atoms with Crippen molar-refractivity contribution in [3.8, 4) is 5.82 Å². The van der Waals surface area contributed by atoms with E-state index in [1.54, 1.807) is 18.7 Å². The number of aliphatic carboxylic acids is 1. The van der Waals surface area contributed by atoms with E-state index in [1.807, 2.05) is 30.5 Å². The fourth-order valence-electron chi connectivity index (χ4n) is 2.59. The van der Waals surface area contributed by atoms with Crippen LogP contribution in [-0.4, -0.2) is 37.9 Å². The maximum absolute atomic E-state index is 12.5. The summed E-state index contributed by atoms with van der Waals surface area (Å²) in [4.78, 5) is 23.1. The Morgan fingerprint density at radius 1 is 1.30 bits per heavy atom. The number of nitrogens with one attached hydrogen (secondary N) is 1. The fourth-order valence-corrected chi connectivity index (χ4v) is 2.59. The van der Waals surface area contributed by atoms with Crippen LogP contribution in [0.3, 0.4) is 0 Å². The van der Waals surface area contributed by atoms with Gasteiger partial charge in [-0.2, -0.15) is 5.10 Å². The van der Waals surface area contributed by atoms with E-state index in [1.165, 1.54) is 6.20 Å². The molecule has 0 aliphatic rings. The van der Waals surface area contributed by atoms with Gasteiger partial charge in [-0.1, -0.05) is 6.92 Å². The molecule has 0 bridgehead atoms. The molecule has 7 heteroatoms. The van der Waals surface area contributed by atoms with Crippen LogP contribution in [0.5, 0.6) is 0 Å². The van der Waals surface area contributed by atoms with Crippen LogP contribution >= 0.6 is 0 Å². The summed E-state index contributed by atoms with van der Waals surface area (Å²) in [6.07, 6.45) is 1.56. The van der Waals surface area contributed by atoms with Gasteiger partial charge in [0, 0.05) is 31.4 Å². The molecule has 0 saturated carbocycles. The third-order valence-corrected chi connectivity index (χ3v) is 3.77. The molecule has 0 aliphatic carbocycles. The quantitative estimate of drug-likeness (QED) is 0.848. The van der Waals surface area contributed by atoms with Crippen LogP contribution in [0.2, 0.25) is 0 Å². The predicted molar refractivity (Wildman–Crippen MR) is 85.8 cm³/mol. The smallest absolute Gasteiger partial charge is 0.303 e. The second-order valence-corrected chi connectivity index (χ2v) is 5.87. The number of carbonyl (C=O) groups is 2. The Morgan fingerprint density at radius 2 is 1.91 bits per heavy atom. The zero-order valence-corrected chi connectivity index (χ0v) is 13.8. The second-order valence-electron chi connectivity index (χ2n) is 5.87. The van der Waals surface area contributed by atoms with Crippen molar-refractivity contribution in [2.24, 2.45) is 13.0 Å². The molecule has 2 heterocycles. The van der Waals surface area contributed by atoms with E-state index in [0.717, 1.165) is 11.4 Å². The van der Waals surface area contributed by atoms with Gasteiger partial charge in [0.25, 0.3) is 5.91 Å². The normalized spacial score (nSPS) is 12.2. The Hall–Kier alpha value is -2.57. The molecule has 0 aliphatic heterocycles. The lowest BCUT2D eigenvalue weighted by Crippen LogP contribution is -2.30. The second kappa shape index (κ2) is 6.68. The first-order valence-electron chi connectivity index (χ1n) is 7.48. The molecule has 0 radical (unpaired) electrons. The molecule has 1 amide bonds. The van der Waals surface area contributed by atoms with Crippen LogP contribution in [0.15, 0.2) is 18.3 Å². The lowest BCUT2D eigenvalue weighted by atomic mass is 10.1. The van der Waals surface area contributed by atoms with E-state index >= 15 is 0 Å². The molecule has 1 unspecified atom stereocenters. The van der Waals surface area contributed by atoms with E-state index in [4.69, 9.17) is 5.11 Å². The van der Waals surface area contributed by atoms with Crippen LogP contribution in [-0.2, 0) is 11.8 Å². The summed E-state index contributed by atoms with van der Waals surface area (Å²) in [5.41, 5.74) is 2.50. The molecule has 0 aromatic carbocycles. The van der Waals surface area contributed by atoms with Crippen molar-refractivity contribution >= 4 is 11.9 Å². The van der Waals surface area contributed by atoms with E-state index in [2.05, 4.69) is 10.4 Å². The topological polar surface area (TPSA) is 89.2 Å². The zero-order valence-electron chi connectivity index (χ0n) is 13.8. The third kappa shape index (κ3) is 3.61. The van der Waals surface area contributed by atoms with E-state index in [0.29, 0.717) is 17.9 Å². The zero-order chi connectivity index (χ0) is 17.1. The van der Waals surface area contributed by atoms with Gasteiger partial charge in [-0.3, -0.25) is 14.3 Å². The Morgan fingerprint density at radius 3 is 2.48 bits per heavy atom. The van der Waals surface area contributed by atoms with Gasteiger partial charge in [-0.05, 0) is 31.9 Å². The number of nitrogens with zero attached hydrogens (tertiary/aromatic N) is 3. The molecule has 124 valence electrons. The first-order chi connectivity index (χ1) is 10.8. The number of rotatable bonds is 6. The summed E-state index contributed by atoms with van der Waals surface area (Å²) >= 11 is 0. The Bertz CT molecular complexity index is 710. The minimum absolute atomic E-state index is 0.0238. The summed E-state index contributed by atoms with van der Waals surface area (Å²) < 4.78 is 3.64. The highest BCUT2D eigenvalue weighted by atomic mass is 16.4. The number of amides is 1. The summed E-state index contributed by atoms with van der Waals surface area (Å²) in [5.74, 6) is -0.551. The van der Waals surface area contributed by atoms with Crippen molar-refractivity contribution in [3.05, 3.63) is 35.3 Å². The SMILES string of the molecule is Cc1ccc(C)n1-c1c(C(=O)NCC(C)CC(=O)O)cnn1C. The van der Waals surface area contributed by atoms with Crippen molar-refractivity contribution in [1.29, 1.82) is 0 Å². The molecule has 2 N–H and O–H groups in total. The molecule has 2 aromatic heterocycles. The molecule has 23 heavy (non-hydrogen) atoms. The van der Waals surface area contributed by atoms with Crippen molar-refractivity contribution in [3.63, 3.8) is 0 Å². The molecule has 2 rings (SSSR count). The molecule has 1 atom stereocenters. The van der Waals surface area contributed by atoms with Gasteiger partial charge in [0.2, 0.25) is 0 Å². The first kappa shape index (κ1) is 16.8. The molecule has 0 fully saturated rings. The van der Waals surface area contributed by atoms with E-state index in [9.17, 15) is 9.59 Å². The number of aromatic nitrogens is 3. The summed E-state index contributed by atoms with van der Waals surface area (Å²) in [5, 5.41) is 15.8. The number of carbonyl (C=O) groups excluding carboxylic acids is 1. The van der Waals surface area contributed by atoms with Crippen LogP contribution in [0.1, 0.15) is 35.1 Å². The number of carboxylic acid groups (broad SMARTS) is 1.